The normalized spacial score (nSPS) is 13.8. The molecule has 3 N–H and O–H groups in total. The Morgan fingerprint density at radius 2 is 1.87 bits per heavy atom. The number of hydrogen-bond donors (Lipinski definition) is 3. The van der Waals surface area contributed by atoms with Gasteiger partial charge in [0.2, 0.25) is 5.91 Å². The van der Waals surface area contributed by atoms with Gasteiger partial charge in [-0.3, -0.25) is 9.59 Å². The predicted molar refractivity (Wildman–Crippen MR) is 122 cm³/mol. The monoisotopic (exact) mass is 417 g/mol. The van der Waals surface area contributed by atoms with E-state index in [1.165, 1.54) is 0 Å². The maximum absolute atomic E-state index is 12.6. The van der Waals surface area contributed by atoms with Gasteiger partial charge >= 0.3 is 0 Å². The van der Waals surface area contributed by atoms with Gasteiger partial charge in [0.15, 0.2) is 0 Å². The zero-order valence-corrected chi connectivity index (χ0v) is 18.0. The van der Waals surface area contributed by atoms with Crippen molar-refractivity contribution in [1.82, 2.24) is 10.3 Å². The summed E-state index contributed by atoms with van der Waals surface area (Å²) < 4.78 is 0. The van der Waals surface area contributed by atoms with Crippen LogP contribution in [0, 0.1) is 12.8 Å². The van der Waals surface area contributed by atoms with Crippen LogP contribution in [0.2, 0.25) is 0 Å². The van der Waals surface area contributed by atoms with Crippen molar-refractivity contribution in [2.45, 2.75) is 39.2 Å². The van der Waals surface area contributed by atoms with Gasteiger partial charge in [0.25, 0.3) is 5.91 Å². The molecule has 1 aliphatic carbocycles. The number of amides is 2. The number of carbonyl (C=O) groups is 2. The Morgan fingerprint density at radius 1 is 1.10 bits per heavy atom. The molecule has 0 atom stereocenters. The number of benzene rings is 2. The van der Waals surface area contributed by atoms with E-state index in [0.717, 1.165) is 40.3 Å². The number of aromatic nitrogens is 1. The molecule has 0 saturated heterocycles. The number of aliphatic hydroxyl groups is 1. The molecule has 160 valence electrons. The van der Waals surface area contributed by atoms with Gasteiger partial charge in [-0.05, 0) is 80.0 Å². The van der Waals surface area contributed by atoms with Crippen LogP contribution in [0.4, 0.5) is 5.82 Å². The lowest BCUT2D eigenvalue weighted by molar-refractivity contribution is -0.117. The quantitative estimate of drug-likeness (QED) is 0.564. The lowest BCUT2D eigenvalue weighted by atomic mass is 9.96. The Bertz CT molecular complexity index is 1170. The molecule has 1 heterocycles. The van der Waals surface area contributed by atoms with Gasteiger partial charge < -0.3 is 15.7 Å². The minimum absolute atomic E-state index is 0.0403. The van der Waals surface area contributed by atoms with Crippen molar-refractivity contribution in [3.63, 3.8) is 0 Å². The van der Waals surface area contributed by atoms with Crippen LogP contribution in [-0.4, -0.2) is 34.1 Å². The topological polar surface area (TPSA) is 91.3 Å². The molecule has 6 heteroatoms. The molecule has 0 aliphatic heterocycles. The summed E-state index contributed by atoms with van der Waals surface area (Å²) in [6.45, 7) is 5.42. The third-order valence-corrected chi connectivity index (χ3v) is 5.58. The first-order valence-corrected chi connectivity index (χ1v) is 10.5. The average Bonchev–Trinajstić information content (AvgIpc) is 3.59. The molecule has 2 amide bonds. The summed E-state index contributed by atoms with van der Waals surface area (Å²) in [6, 6.07) is 13.5. The molecular weight excluding hydrogens is 390 g/mol. The third kappa shape index (κ3) is 4.75. The first-order chi connectivity index (χ1) is 14.8. The summed E-state index contributed by atoms with van der Waals surface area (Å²) in [5.74, 6) is 0.520. The second kappa shape index (κ2) is 8.12. The van der Waals surface area contributed by atoms with Crippen LogP contribution in [0.15, 0.2) is 48.7 Å². The summed E-state index contributed by atoms with van der Waals surface area (Å²) in [4.78, 5) is 29.0. The van der Waals surface area contributed by atoms with Crippen molar-refractivity contribution in [2.24, 2.45) is 5.92 Å². The molecule has 1 fully saturated rings. The van der Waals surface area contributed by atoms with E-state index in [1.54, 1.807) is 26.1 Å². The van der Waals surface area contributed by atoms with Crippen LogP contribution < -0.4 is 10.6 Å². The van der Waals surface area contributed by atoms with Crippen LogP contribution in [0.1, 0.15) is 42.6 Å². The van der Waals surface area contributed by atoms with Crippen LogP contribution in [0.3, 0.4) is 0 Å². The second-order valence-corrected chi connectivity index (χ2v) is 8.92. The fourth-order valence-electron chi connectivity index (χ4n) is 3.44. The second-order valence-electron chi connectivity index (χ2n) is 8.92. The van der Waals surface area contributed by atoms with E-state index < -0.39 is 5.54 Å². The summed E-state index contributed by atoms with van der Waals surface area (Å²) in [5, 5.41) is 17.1. The lowest BCUT2D eigenvalue weighted by Gasteiger charge is -2.23. The molecule has 31 heavy (non-hydrogen) atoms. The van der Waals surface area contributed by atoms with E-state index >= 15 is 0 Å². The van der Waals surface area contributed by atoms with E-state index in [2.05, 4.69) is 15.6 Å². The smallest absolute Gasteiger partial charge is 0.251 e. The average molecular weight is 418 g/mol. The molecule has 3 aromatic rings. The Kier molecular flexibility index (Phi) is 5.50. The molecule has 0 unspecified atom stereocenters. The van der Waals surface area contributed by atoms with Gasteiger partial charge in [0.05, 0.1) is 12.1 Å². The SMILES string of the molecule is Cc1ccc(C(=O)NC(C)(C)CO)cc1-c1ccc2cc(NC(=O)C3CC3)ncc2c1. The van der Waals surface area contributed by atoms with Gasteiger partial charge in [0.1, 0.15) is 5.82 Å². The summed E-state index contributed by atoms with van der Waals surface area (Å²) in [7, 11) is 0. The molecule has 1 saturated carbocycles. The van der Waals surface area contributed by atoms with Crippen molar-refractivity contribution >= 4 is 28.4 Å². The van der Waals surface area contributed by atoms with Crippen molar-refractivity contribution in [2.75, 3.05) is 11.9 Å². The predicted octanol–water partition coefficient (Wildman–Crippen LogP) is 4.06. The number of nitrogens with one attached hydrogen (secondary N) is 2. The molecule has 4 rings (SSSR count). The standard InChI is InChI=1S/C25H27N3O3/c1-15-4-5-19(24(31)28-25(2,3)14-29)11-21(15)18-9-8-17-12-22(26-13-20(17)10-18)27-23(30)16-6-7-16/h4-5,8-13,16,29H,6-7,14H2,1-3H3,(H,28,31)(H,26,27,30). The maximum atomic E-state index is 12.6. The lowest BCUT2D eigenvalue weighted by Crippen LogP contribution is -2.46. The largest absolute Gasteiger partial charge is 0.394 e. The third-order valence-electron chi connectivity index (χ3n) is 5.58. The van der Waals surface area contributed by atoms with Crippen LogP contribution >= 0.6 is 0 Å². The summed E-state index contributed by atoms with van der Waals surface area (Å²) >= 11 is 0. The van der Waals surface area contributed by atoms with E-state index in [1.807, 2.05) is 43.3 Å². The van der Waals surface area contributed by atoms with Crippen LogP contribution in [-0.2, 0) is 4.79 Å². The Hall–Kier alpha value is -3.25. The Balaban J connectivity index is 1.61. The first-order valence-electron chi connectivity index (χ1n) is 10.5. The molecular formula is C25H27N3O3. The zero-order valence-electron chi connectivity index (χ0n) is 18.0. The van der Waals surface area contributed by atoms with Crippen molar-refractivity contribution < 1.29 is 14.7 Å². The highest BCUT2D eigenvalue weighted by Crippen LogP contribution is 2.31. The number of rotatable bonds is 6. The number of hydrogen-bond acceptors (Lipinski definition) is 4. The molecule has 2 aromatic carbocycles. The van der Waals surface area contributed by atoms with Crippen molar-refractivity contribution in [3.05, 3.63) is 59.8 Å². The number of carbonyl (C=O) groups excluding carboxylic acids is 2. The van der Waals surface area contributed by atoms with E-state index in [-0.39, 0.29) is 24.3 Å². The zero-order chi connectivity index (χ0) is 22.2. The van der Waals surface area contributed by atoms with Crippen LogP contribution in [0.25, 0.3) is 21.9 Å². The number of aliphatic hydroxyl groups excluding tert-OH is 1. The summed E-state index contributed by atoms with van der Waals surface area (Å²) in [5.41, 5.74) is 2.85. The highest BCUT2D eigenvalue weighted by molar-refractivity contribution is 5.98. The Morgan fingerprint density at radius 3 is 2.58 bits per heavy atom. The first kappa shape index (κ1) is 21.0. The number of pyridine rings is 1. The van der Waals surface area contributed by atoms with Gasteiger partial charge in [-0.2, -0.15) is 0 Å². The molecule has 0 radical (unpaired) electrons. The number of nitrogens with zero attached hydrogens (tertiary/aromatic N) is 1. The molecule has 0 bridgehead atoms. The van der Waals surface area contributed by atoms with Crippen molar-refractivity contribution in [3.8, 4) is 11.1 Å². The highest BCUT2D eigenvalue weighted by Gasteiger charge is 2.29. The van der Waals surface area contributed by atoms with Gasteiger partial charge in [0, 0.05) is 23.1 Å². The van der Waals surface area contributed by atoms with E-state index in [4.69, 9.17) is 0 Å². The minimum atomic E-state index is -0.691. The van der Waals surface area contributed by atoms with Crippen molar-refractivity contribution in [1.29, 1.82) is 0 Å². The molecule has 1 aliphatic rings. The highest BCUT2D eigenvalue weighted by atomic mass is 16.3. The van der Waals surface area contributed by atoms with E-state index in [9.17, 15) is 14.7 Å². The number of aryl methyl sites for hydroxylation is 1. The van der Waals surface area contributed by atoms with E-state index in [0.29, 0.717) is 11.4 Å². The number of anilines is 1. The fraction of sp³-hybridized carbons (Fsp3) is 0.320. The van der Waals surface area contributed by atoms with Gasteiger partial charge in [-0.15, -0.1) is 0 Å². The molecule has 0 spiro atoms. The fourth-order valence-corrected chi connectivity index (χ4v) is 3.44. The van der Waals surface area contributed by atoms with Gasteiger partial charge in [-0.25, -0.2) is 4.98 Å². The summed E-state index contributed by atoms with van der Waals surface area (Å²) in [6.07, 6.45) is 3.67. The molecule has 1 aromatic heterocycles. The van der Waals surface area contributed by atoms with Crippen LogP contribution in [0.5, 0.6) is 0 Å². The Labute approximate surface area is 181 Å². The number of fused-ring (bicyclic) bond motifs is 1. The van der Waals surface area contributed by atoms with Gasteiger partial charge in [-0.1, -0.05) is 18.2 Å². The minimum Gasteiger partial charge on any atom is -0.394 e. The maximum Gasteiger partial charge on any atom is 0.251 e. The molecule has 6 nitrogen and oxygen atoms in total.